The minimum absolute atomic E-state index is 0. The summed E-state index contributed by atoms with van der Waals surface area (Å²) in [6.07, 6.45) is 5.57. The summed E-state index contributed by atoms with van der Waals surface area (Å²) in [6.45, 7) is 3.54. The predicted octanol–water partition coefficient (Wildman–Crippen LogP) is 3.18. The summed E-state index contributed by atoms with van der Waals surface area (Å²) >= 11 is 0. The molecule has 4 N–H and O–H groups in total. The van der Waals surface area contributed by atoms with Crippen molar-refractivity contribution in [1.82, 2.24) is 15.3 Å². The van der Waals surface area contributed by atoms with Gasteiger partial charge in [-0.3, -0.25) is 9.98 Å². The van der Waals surface area contributed by atoms with Gasteiger partial charge in [0.05, 0.1) is 0 Å². The van der Waals surface area contributed by atoms with Gasteiger partial charge in [-0.2, -0.15) is 0 Å². The highest BCUT2D eigenvalue weighted by Crippen LogP contribution is 2.22. The Bertz CT molecular complexity index is 826. The van der Waals surface area contributed by atoms with Crippen LogP contribution in [0.2, 0.25) is 0 Å². The molecule has 5 nitrogen and oxygen atoms in total. The van der Waals surface area contributed by atoms with Crippen LogP contribution in [0.1, 0.15) is 16.8 Å². The van der Waals surface area contributed by atoms with Crippen LogP contribution in [0.3, 0.4) is 0 Å². The number of guanidine groups is 1. The molecular weight excluding hydrogens is 425 g/mol. The molecule has 3 aromatic rings. The first-order chi connectivity index (χ1) is 11.7. The molecule has 132 valence electrons. The van der Waals surface area contributed by atoms with Crippen LogP contribution in [0.25, 0.3) is 10.9 Å². The third-order valence-corrected chi connectivity index (χ3v) is 4.07. The number of aryl methyl sites for hydroxylation is 1. The van der Waals surface area contributed by atoms with E-state index in [9.17, 15) is 0 Å². The number of aromatic amines is 1. The largest absolute Gasteiger partial charge is 0.370 e. The van der Waals surface area contributed by atoms with Gasteiger partial charge in [-0.15, -0.1) is 24.0 Å². The number of hydrogen-bond acceptors (Lipinski definition) is 2. The van der Waals surface area contributed by atoms with Crippen LogP contribution in [0.5, 0.6) is 0 Å². The molecule has 0 radical (unpaired) electrons. The van der Waals surface area contributed by atoms with Gasteiger partial charge in [0.25, 0.3) is 0 Å². The Labute approximate surface area is 165 Å². The van der Waals surface area contributed by atoms with Crippen molar-refractivity contribution in [2.24, 2.45) is 10.7 Å². The van der Waals surface area contributed by atoms with Crippen molar-refractivity contribution < 1.29 is 0 Å². The maximum absolute atomic E-state index is 5.93. The Hall–Kier alpha value is -2.09. The fourth-order valence-electron chi connectivity index (χ4n) is 2.87. The van der Waals surface area contributed by atoms with E-state index in [1.54, 1.807) is 6.20 Å². The number of nitrogens with two attached hydrogens (primary N) is 1. The number of benzene rings is 1. The first-order valence-electron chi connectivity index (χ1n) is 8.23. The molecule has 2 aromatic heterocycles. The molecule has 1 aromatic carbocycles. The summed E-state index contributed by atoms with van der Waals surface area (Å²) in [6, 6.07) is 12.2. The molecule has 0 aliphatic carbocycles. The second-order valence-corrected chi connectivity index (χ2v) is 5.83. The molecule has 3 rings (SSSR count). The lowest BCUT2D eigenvalue weighted by molar-refractivity contribution is 0.842. The second-order valence-electron chi connectivity index (χ2n) is 5.83. The summed E-state index contributed by atoms with van der Waals surface area (Å²) < 4.78 is 0. The summed E-state index contributed by atoms with van der Waals surface area (Å²) in [5.41, 5.74) is 10.7. The molecule has 6 heteroatoms. The van der Waals surface area contributed by atoms with Gasteiger partial charge in [-0.05, 0) is 42.7 Å². The number of nitrogens with zero attached hydrogens (tertiary/aromatic N) is 2. The Balaban J connectivity index is 0.00000225. The van der Waals surface area contributed by atoms with Gasteiger partial charge in [0.2, 0.25) is 0 Å². The van der Waals surface area contributed by atoms with E-state index in [0.717, 1.165) is 25.1 Å². The third-order valence-electron chi connectivity index (χ3n) is 4.07. The van der Waals surface area contributed by atoms with E-state index in [1.165, 1.54) is 22.0 Å². The Morgan fingerprint density at radius 2 is 2.08 bits per heavy atom. The van der Waals surface area contributed by atoms with Crippen LogP contribution in [0.4, 0.5) is 0 Å². The SMILES string of the molecule is Cc1cccc2[nH]cc(CCNC(N)=NCCc3ccccn3)c12.I. The molecular formula is C19H24IN5. The number of nitrogens with one attached hydrogen (secondary N) is 2. The zero-order chi connectivity index (χ0) is 16.8. The average Bonchev–Trinajstić information content (AvgIpc) is 3.00. The number of fused-ring (bicyclic) bond motifs is 1. The van der Waals surface area contributed by atoms with E-state index in [4.69, 9.17) is 5.73 Å². The van der Waals surface area contributed by atoms with Crippen LogP contribution < -0.4 is 11.1 Å². The monoisotopic (exact) mass is 449 g/mol. The van der Waals surface area contributed by atoms with E-state index in [1.807, 2.05) is 18.2 Å². The maximum Gasteiger partial charge on any atom is 0.188 e. The highest BCUT2D eigenvalue weighted by Gasteiger charge is 2.05. The zero-order valence-electron chi connectivity index (χ0n) is 14.3. The summed E-state index contributed by atoms with van der Waals surface area (Å²) in [7, 11) is 0. The van der Waals surface area contributed by atoms with Gasteiger partial charge < -0.3 is 16.0 Å². The first-order valence-corrected chi connectivity index (χ1v) is 8.23. The van der Waals surface area contributed by atoms with Crippen molar-refractivity contribution in [3.8, 4) is 0 Å². The van der Waals surface area contributed by atoms with E-state index < -0.39 is 0 Å². The lowest BCUT2D eigenvalue weighted by atomic mass is 10.1. The fourth-order valence-corrected chi connectivity index (χ4v) is 2.87. The summed E-state index contributed by atoms with van der Waals surface area (Å²) in [5, 5.41) is 4.49. The summed E-state index contributed by atoms with van der Waals surface area (Å²) in [4.78, 5) is 12.0. The number of H-pyrrole nitrogens is 1. The van der Waals surface area contributed by atoms with Gasteiger partial charge in [0, 0.05) is 48.5 Å². The topological polar surface area (TPSA) is 79.1 Å². The molecule has 0 fully saturated rings. The quantitative estimate of drug-likeness (QED) is 0.307. The van der Waals surface area contributed by atoms with Crippen molar-refractivity contribution in [1.29, 1.82) is 0 Å². The number of aromatic nitrogens is 2. The van der Waals surface area contributed by atoms with Crippen LogP contribution in [-0.2, 0) is 12.8 Å². The molecule has 0 saturated carbocycles. The van der Waals surface area contributed by atoms with Crippen LogP contribution in [0, 0.1) is 6.92 Å². The molecule has 0 spiro atoms. The number of rotatable bonds is 6. The summed E-state index contributed by atoms with van der Waals surface area (Å²) in [5.74, 6) is 0.488. The van der Waals surface area contributed by atoms with Gasteiger partial charge >= 0.3 is 0 Å². The van der Waals surface area contributed by atoms with Gasteiger partial charge in [-0.1, -0.05) is 18.2 Å². The minimum Gasteiger partial charge on any atom is -0.370 e. The maximum atomic E-state index is 5.93. The molecule has 0 aliphatic rings. The normalized spacial score (nSPS) is 11.3. The molecule has 0 unspecified atom stereocenters. The third kappa shape index (κ3) is 5.19. The average molecular weight is 449 g/mol. The van der Waals surface area contributed by atoms with Crippen LogP contribution >= 0.6 is 24.0 Å². The lowest BCUT2D eigenvalue weighted by Gasteiger charge is -2.06. The Kier molecular flexibility index (Phi) is 7.24. The van der Waals surface area contributed by atoms with Crippen molar-refractivity contribution in [2.75, 3.05) is 13.1 Å². The van der Waals surface area contributed by atoms with Crippen molar-refractivity contribution >= 4 is 40.8 Å². The van der Waals surface area contributed by atoms with Crippen molar-refractivity contribution in [3.63, 3.8) is 0 Å². The fraction of sp³-hybridized carbons (Fsp3) is 0.263. The van der Waals surface area contributed by atoms with E-state index in [-0.39, 0.29) is 24.0 Å². The second kappa shape index (κ2) is 9.41. The smallest absolute Gasteiger partial charge is 0.188 e. The number of pyridine rings is 1. The number of aliphatic imine (C=N–C) groups is 1. The highest BCUT2D eigenvalue weighted by atomic mass is 127. The Morgan fingerprint density at radius 3 is 2.88 bits per heavy atom. The Morgan fingerprint density at radius 1 is 1.20 bits per heavy atom. The molecule has 0 aliphatic heterocycles. The van der Waals surface area contributed by atoms with Crippen LogP contribution in [0.15, 0.2) is 53.8 Å². The van der Waals surface area contributed by atoms with Gasteiger partial charge in [0.1, 0.15) is 0 Å². The standard InChI is InChI=1S/C19H23N5.HI/c1-14-5-4-7-17-18(14)15(13-24-17)8-11-22-19(20)23-12-9-16-6-2-3-10-21-16;/h2-7,10,13,24H,8-9,11-12H2,1H3,(H3,20,22,23);1H. The van der Waals surface area contributed by atoms with Gasteiger partial charge in [0.15, 0.2) is 5.96 Å². The first kappa shape index (κ1) is 19.2. The molecule has 2 heterocycles. The minimum atomic E-state index is 0. The lowest BCUT2D eigenvalue weighted by Crippen LogP contribution is -2.33. The van der Waals surface area contributed by atoms with E-state index >= 15 is 0 Å². The predicted molar refractivity (Wildman–Crippen MR) is 115 cm³/mol. The van der Waals surface area contributed by atoms with E-state index in [0.29, 0.717) is 12.5 Å². The molecule has 25 heavy (non-hydrogen) atoms. The molecule has 0 bridgehead atoms. The van der Waals surface area contributed by atoms with Crippen molar-refractivity contribution in [3.05, 3.63) is 65.6 Å². The van der Waals surface area contributed by atoms with Gasteiger partial charge in [-0.25, -0.2) is 0 Å². The number of halogens is 1. The molecule has 0 atom stereocenters. The van der Waals surface area contributed by atoms with Crippen molar-refractivity contribution in [2.45, 2.75) is 19.8 Å². The van der Waals surface area contributed by atoms with E-state index in [2.05, 4.69) is 51.6 Å². The molecule has 0 saturated heterocycles. The highest BCUT2D eigenvalue weighted by molar-refractivity contribution is 14.0. The molecule has 0 amide bonds. The number of hydrogen-bond donors (Lipinski definition) is 3. The zero-order valence-corrected chi connectivity index (χ0v) is 16.7. The van der Waals surface area contributed by atoms with Crippen LogP contribution in [-0.4, -0.2) is 29.0 Å².